The van der Waals surface area contributed by atoms with Crippen molar-refractivity contribution in [3.05, 3.63) is 70.7 Å². The number of amides is 1. The molecule has 0 fully saturated rings. The SMILES string of the molecule is CC(C)C(NS(=O)(=O)c1ccc(Cl)c(Cl)c1)C(=O)OCC(=O)Nc1ccc2ccccc2c1. The minimum absolute atomic E-state index is 0.0635. The summed E-state index contributed by atoms with van der Waals surface area (Å²) in [5, 5.41) is 4.90. The highest BCUT2D eigenvalue weighted by Gasteiger charge is 2.30. The van der Waals surface area contributed by atoms with Crippen LogP contribution in [0.4, 0.5) is 5.69 Å². The zero-order valence-electron chi connectivity index (χ0n) is 17.8. The number of anilines is 1. The molecule has 0 saturated heterocycles. The van der Waals surface area contributed by atoms with E-state index in [-0.39, 0.29) is 14.9 Å². The van der Waals surface area contributed by atoms with Crippen LogP contribution < -0.4 is 10.0 Å². The lowest BCUT2D eigenvalue weighted by Crippen LogP contribution is -2.45. The molecule has 3 rings (SSSR count). The number of carbonyl (C=O) groups excluding carboxylic acids is 2. The number of ether oxygens (including phenoxy) is 1. The first kappa shape index (κ1) is 25.0. The summed E-state index contributed by atoms with van der Waals surface area (Å²) in [7, 11) is -4.09. The van der Waals surface area contributed by atoms with Gasteiger partial charge in [0.2, 0.25) is 10.0 Å². The zero-order chi connectivity index (χ0) is 24.2. The van der Waals surface area contributed by atoms with Gasteiger partial charge in [-0.05, 0) is 47.0 Å². The fourth-order valence-electron chi connectivity index (χ4n) is 3.03. The van der Waals surface area contributed by atoms with Gasteiger partial charge in [0.25, 0.3) is 5.91 Å². The molecule has 0 heterocycles. The van der Waals surface area contributed by atoms with Gasteiger partial charge in [-0.2, -0.15) is 4.72 Å². The average molecular weight is 509 g/mol. The van der Waals surface area contributed by atoms with Crippen LogP contribution in [-0.4, -0.2) is 32.9 Å². The molecule has 0 bridgehead atoms. The predicted octanol–water partition coefficient (Wildman–Crippen LogP) is 4.63. The zero-order valence-corrected chi connectivity index (χ0v) is 20.2. The Morgan fingerprint density at radius 2 is 1.64 bits per heavy atom. The third-order valence-corrected chi connectivity index (χ3v) is 6.96. The van der Waals surface area contributed by atoms with Crippen molar-refractivity contribution in [1.82, 2.24) is 4.72 Å². The van der Waals surface area contributed by atoms with Gasteiger partial charge in [-0.15, -0.1) is 0 Å². The quantitative estimate of drug-likeness (QED) is 0.431. The van der Waals surface area contributed by atoms with E-state index in [0.29, 0.717) is 5.69 Å². The molecule has 0 aromatic heterocycles. The second-order valence-corrected chi connectivity index (χ2v) is 10.2. The van der Waals surface area contributed by atoms with Gasteiger partial charge in [0, 0.05) is 5.69 Å². The maximum absolute atomic E-state index is 12.7. The lowest BCUT2D eigenvalue weighted by Gasteiger charge is -2.21. The Balaban J connectivity index is 1.63. The molecule has 3 aromatic carbocycles. The number of rotatable bonds is 8. The monoisotopic (exact) mass is 508 g/mol. The number of carbonyl (C=O) groups is 2. The molecule has 2 N–H and O–H groups in total. The lowest BCUT2D eigenvalue weighted by atomic mass is 10.1. The molecular formula is C23H22Cl2N2O5S. The number of halogens is 2. The van der Waals surface area contributed by atoms with Gasteiger partial charge in [-0.1, -0.05) is 67.4 Å². The molecule has 0 radical (unpaired) electrons. The van der Waals surface area contributed by atoms with Crippen molar-refractivity contribution < 1.29 is 22.7 Å². The first-order chi connectivity index (χ1) is 15.6. The molecule has 1 amide bonds. The van der Waals surface area contributed by atoms with Crippen molar-refractivity contribution >= 4 is 61.6 Å². The third kappa shape index (κ3) is 6.45. The number of hydrogen-bond donors (Lipinski definition) is 2. The molecule has 1 unspecified atom stereocenters. The Morgan fingerprint density at radius 1 is 0.939 bits per heavy atom. The molecule has 1 atom stereocenters. The molecule has 174 valence electrons. The van der Waals surface area contributed by atoms with Gasteiger partial charge in [-0.3, -0.25) is 9.59 Å². The molecule has 7 nitrogen and oxygen atoms in total. The van der Waals surface area contributed by atoms with Crippen LogP contribution in [0.15, 0.2) is 65.6 Å². The Labute approximate surface area is 202 Å². The van der Waals surface area contributed by atoms with Gasteiger partial charge in [-0.25, -0.2) is 8.42 Å². The third-order valence-electron chi connectivity index (χ3n) is 4.78. The number of benzene rings is 3. The number of hydrogen-bond acceptors (Lipinski definition) is 5. The first-order valence-electron chi connectivity index (χ1n) is 9.99. The molecular weight excluding hydrogens is 487 g/mol. The largest absolute Gasteiger partial charge is 0.454 e. The standard InChI is InChI=1S/C23H22Cl2N2O5S/c1-14(2)22(27-33(30,31)18-9-10-19(24)20(25)12-18)23(29)32-13-21(28)26-17-8-7-15-5-3-4-6-16(15)11-17/h3-12,14,22,27H,13H2,1-2H3,(H,26,28). The minimum atomic E-state index is -4.09. The Bertz CT molecular complexity index is 1300. The number of fused-ring (bicyclic) bond motifs is 1. The smallest absolute Gasteiger partial charge is 0.324 e. The maximum Gasteiger partial charge on any atom is 0.324 e. The lowest BCUT2D eigenvalue weighted by molar-refractivity contribution is -0.150. The van der Waals surface area contributed by atoms with E-state index >= 15 is 0 Å². The van der Waals surface area contributed by atoms with Crippen molar-refractivity contribution in [1.29, 1.82) is 0 Å². The topological polar surface area (TPSA) is 102 Å². The fraction of sp³-hybridized carbons (Fsp3) is 0.217. The van der Waals surface area contributed by atoms with E-state index in [0.717, 1.165) is 10.8 Å². The summed E-state index contributed by atoms with van der Waals surface area (Å²) in [4.78, 5) is 24.7. The van der Waals surface area contributed by atoms with Gasteiger partial charge < -0.3 is 10.1 Å². The van der Waals surface area contributed by atoms with E-state index < -0.39 is 40.5 Å². The molecule has 0 aliphatic heterocycles. The van der Waals surface area contributed by atoms with Gasteiger partial charge in [0.15, 0.2) is 6.61 Å². The van der Waals surface area contributed by atoms with E-state index in [1.165, 1.54) is 18.2 Å². The average Bonchev–Trinajstić information content (AvgIpc) is 2.77. The Kier molecular flexibility index (Phi) is 7.97. The van der Waals surface area contributed by atoms with Crippen LogP contribution in [0.2, 0.25) is 10.0 Å². The molecule has 10 heteroatoms. The second kappa shape index (κ2) is 10.5. The Hall–Kier alpha value is -2.65. The molecule has 0 spiro atoms. The van der Waals surface area contributed by atoms with Crippen LogP contribution in [0.1, 0.15) is 13.8 Å². The van der Waals surface area contributed by atoms with E-state index in [4.69, 9.17) is 27.9 Å². The summed E-state index contributed by atoms with van der Waals surface area (Å²) in [6.07, 6.45) is 0. The van der Waals surface area contributed by atoms with Gasteiger partial charge in [0.05, 0.1) is 14.9 Å². The van der Waals surface area contributed by atoms with E-state index in [1.807, 2.05) is 30.3 Å². The molecule has 3 aromatic rings. The van der Waals surface area contributed by atoms with Crippen LogP contribution in [0, 0.1) is 5.92 Å². The molecule has 33 heavy (non-hydrogen) atoms. The minimum Gasteiger partial charge on any atom is -0.454 e. The van der Waals surface area contributed by atoms with Crippen LogP contribution in [0.3, 0.4) is 0 Å². The number of nitrogens with one attached hydrogen (secondary N) is 2. The number of esters is 1. The summed E-state index contributed by atoms with van der Waals surface area (Å²) in [6.45, 7) is 2.74. The highest BCUT2D eigenvalue weighted by atomic mass is 35.5. The van der Waals surface area contributed by atoms with Crippen molar-refractivity contribution in [2.75, 3.05) is 11.9 Å². The van der Waals surface area contributed by atoms with Crippen molar-refractivity contribution in [2.45, 2.75) is 24.8 Å². The highest BCUT2D eigenvalue weighted by molar-refractivity contribution is 7.89. The van der Waals surface area contributed by atoms with E-state index in [2.05, 4.69) is 10.0 Å². The van der Waals surface area contributed by atoms with Crippen molar-refractivity contribution in [3.63, 3.8) is 0 Å². The van der Waals surface area contributed by atoms with E-state index in [1.54, 1.807) is 26.0 Å². The van der Waals surface area contributed by atoms with Crippen molar-refractivity contribution in [3.8, 4) is 0 Å². The summed E-state index contributed by atoms with van der Waals surface area (Å²) < 4.78 is 32.8. The fourth-order valence-corrected chi connectivity index (χ4v) is 4.75. The normalized spacial score (nSPS) is 12.5. The first-order valence-corrected chi connectivity index (χ1v) is 12.2. The van der Waals surface area contributed by atoms with Gasteiger partial charge in [0.1, 0.15) is 6.04 Å². The van der Waals surface area contributed by atoms with E-state index in [9.17, 15) is 18.0 Å². The van der Waals surface area contributed by atoms with Crippen LogP contribution in [0.5, 0.6) is 0 Å². The highest BCUT2D eigenvalue weighted by Crippen LogP contribution is 2.25. The van der Waals surface area contributed by atoms with Gasteiger partial charge >= 0.3 is 5.97 Å². The second-order valence-electron chi connectivity index (χ2n) is 7.64. The Morgan fingerprint density at radius 3 is 2.30 bits per heavy atom. The van der Waals surface area contributed by atoms with Crippen molar-refractivity contribution in [2.24, 2.45) is 5.92 Å². The maximum atomic E-state index is 12.7. The summed E-state index contributed by atoms with van der Waals surface area (Å²) >= 11 is 11.7. The molecule has 0 aliphatic rings. The predicted molar refractivity (Wildman–Crippen MR) is 129 cm³/mol. The summed E-state index contributed by atoms with van der Waals surface area (Å²) in [5.74, 6) is -1.87. The molecule has 0 aliphatic carbocycles. The van der Waals surface area contributed by atoms with Crippen LogP contribution in [0.25, 0.3) is 10.8 Å². The van der Waals surface area contributed by atoms with Crippen LogP contribution >= 0.6 is 23.2 Å². The molecule has 0 saturated carbocycles. The van der Waals surface area contributed by atoms with Crippen LogP contribution in [-0.2, 0) is 24.3 Å². The number of sulfonamides is 1. The summed E-state index contributed by atoms with van der Waals surface area (Å²) in [5.41, 5.74) is 0.551. The summed E-state index contributed by atoms with van der Waals surface area (Å²) in [6, 6.07) is 15.7.